The Balaban J connectivity index is 0.896. The van der Waals surface area contributed by atoms with Crippen molar-refractivity contribution >= 4 is 38.9 Å². The van der Waals surface area contributed by atoms with Crippen molar-refractivity contribution in [3.05, 3.63) is 241 Å². The number of para-hydroxylation sites is 3. The molecule has 7 heteroatoms. The molecule has 316 valence electrons. The second kappa shape index (κ2) is 17.6. The van der Waals surface area contributed by atoms with Gasteiger partial charge in [-0.1, -0.05) is 115 Å². The van der Waals surface area contributed by atoms with E-state index in [0.29, 0.717) is 28.2 Å². The molecule has 0 bridgehead atoms. The molecule has 0 atom stereocenters. The molecule has 0 amide bonds. The highest BCUT2D eigenvalue weighted by atomic mass is 15.1. The van der Waals surface area contributed by atoms with Crippen LogP contribution in [0.4, 0.5) is 17.1 Å². The van der Waals surface area contributed by atoms with Crippen LogP contribution in [0.1, 0.15) is 16.7 Å². The highest BCUT2D eigenvalue weighted by Gasteiger charge is 2.18. The number of anilines is 3. The lowest BCUT2D eigenvalue weighted by molar-refractivity contribution is 1.18. The molecule has 0 saturated heterocycles. The smallest absolute Gasteiger partial charge is 0.160 e. The van der Waals surface area contributed by atoms with E-state index in [1.165, 1.54) is 5.39 Å². The number of nitriles is 3. The summed E-state index contributed by atoms with van der Waals surface area (Å²) in [7, 11) is 0. The third kappa shape index (κ3) is 7.67. The van der Waals surface area contributed by atoms with Gasteiger partial charge in [0.2, 0.25) is 0 Å². The largest absolute Gasteiger partial charge is 0.310 e. The molecular formula is C61H37N7. The van der Waals surface area contributed by atoms with Crippen LogP contribution in [0, 0.1) is 34.0 Å². The van der Waals surface area contributed by atoms with Gasteiger partial charge in [0, 0.05) is 50.2 Å². The third-order valence-corrected chi connectivity index (χ3v) is 12.3. The standard InChI is InChI=1S/C61H37N7/c62-38-41-15-19-45(20-16-41)57-37-58(66-61(65-57)47-21-17-42(39-63)18-22-47)46-25-23-43(24-26-46)48-29-33-54(49(35-48)40-64)44-27-30-52(31-28-44)68-59-14-8-7-13-55(59)56-36-53(32-34-60(56)68)67(50-9-3-1-4-10-50)51-11-5-2-6-12-51/h1-37H. The SMILES string of the molecule is N#Cc1ccc(-c2cc(-c3ccc(-c4ccc(-c5ccc(-n6c7ccccc7c7cc(N(c8ccccc8)c8ccccc8)ccc76)cc5)c(C#N)c4)cc3)nc(-c3ccc(C#N)cc3)n2)cc1. The highest BCUT2D eigenvalue weighted by molar-refractivity contribution is 6.10. The molecule has 0 fully saturated rings. The van der Waals surface area contributed by atoms with Crippen LogP contribution in [-0.2, 0) is 0 Å². The van der Waals surface area contributed by atoms with Crippen LogP contribution < -0.4 is 4.90 Å². The fourth-order valence-corrected chi connectivity index (χ4v) is 8.95. The summed E-state index contributed by atoms with van der Waals surface area (Å²) in [6.07, 6.45) is 0. The van der Waals surface area contributed by atoms with Crippen LogP contribution in [0.2, 0.25) is 0 Å². The molecule has 0 unspecified atom stereocenters. The van der Waals surface area contributed by atoms with E-state index in [4.69, 9.17) is 9.97 Å². The molecule has 0 aliphatic heterocycles. The van der Waals surface area contributed by atoms with Gasteiger partial charge >= 0.3 is 0 Å². The average molecular weight is 868 g/mol. The van der Waals surface area contributed by atoms with Crippen molar-refractivity contribution in [2.75, 3.05) is 4.90 Å². The van der Waals surface area contributed by atoms with E-state index >= 15 is 0 Å². The monoisotopic (exact) mass is 867 g/mol. The van der Waals surface area contributed by atoms with Gasteiger partial charge in [0.05, 0.1) is 57.3 Å². The summed E-state index contributed by atoms with van der Waals surface area (Å²) < 4.78 is 2.31. The first kappa shape index (κ1) is 40.9. The molecule has 0 aliphatic carbocycles. The van der Waals surface area contributed by atoms with Crippen LogP contribution in [0.5, 0.6) is 0 Å². The van der Waals surface area contributed by atoms with Gasteiger partial charge in [-0.3, -0.25) is 0 Å². The van der Waals surface area contributed by atoms with Crippen LogP contribution in [0.3, 0.4) is 0 Å². The molecule has 0 N–H and O–H groups in total. The Morgan fingerprint density at radius 1 is 0.368 bits per heavy atom. The van der Waals surface area contributed by atoms with E-state index in [1.54, 1.807) is 24.3 Å². The van der Waals surface area contributed by atoms with Crippen molar-refractivity contribution < 1.29 is 0 Å². The number of nitrogens with zero attached hydrogens (tertiary/aromatic N) is 7. The van der Waals surface area contributed by atoms with Gasteiger partial charge in [-0.15, -0.1) is 0 Å². The molecule has 0 saturated carbocycles. The first-order valence-corrected chi connectivity index (χ1v) is 22.1. The predicted molar refractivity (Wildman–Crippen MR) is 272 cm³/mol. The van der Waals surface area contributed by atoms with E-state index in [9.17, 15) is 15.8 Å². The Morgan fingerprint density at radius 2 is 0.882 bits per heavy atom. The summed E-state index contributed by atoms with van der Waals surface area (Å²) in [6.45, 7) is 0. The zero-order valence-corrected chi connectivity index (χ0v) is 36.5. The maximum absolute atomic E-state index is 10.5. The number of rotatable bonds is 9. The Kier molecular flexibility index (Phi) is 10.6. The Hall–Kier alpha value is -9.87. The lowest BCUT2D eigenvalue weighted by Gasteiger charge is -2.25. The normalized spacial score (nSPS) is 10.9. The van der Waals surface area contributed by atoms with Crippen LogP contribution in [0.15, 0.2) is 224 Å². The summed E-state index contributed by atoms with van der Waals surface area (Å²) in [5, 5.41) is 31.5. The van der Waals surface area contributed by atoms with Crippen molar-refractivity contribution in [1.29, 1.82) is 15.8 Å². The molecular weight excluding hydrogens is 831 g/mol. The minimum atomic E-state index is 0.525. The van der Waals surface area contributed by atoms with Crippen LogP contribution >= 0.6 is 0 Å². The summed E-state index contributed by atoms with van der Waals surface area (Å²) in [5.74, 6) is 0.525. The average Bonchev–Trinajstić information content (AvgIpc) is 3.75. The zero-order valence-electron chi connectivity index (χ0n) is 36.5. The number of hydrogen-bond donors (Lipinski definition) is 0. The lowest BCUT2D eigenvalue weighted by atomic mass is 9.94. The summed E-state index contributed by atoms with van der Waals surface area (Å²) in [4.78, 5) is 12.1. The summed E-state index contributed by atoms with van der Waals surface area (Å²) in [6, 6.07) is 82.1. The van der Waals surface area contributed by atoms with Gasteiger partial charge in [-0.2, -0.15) is 15.8 Å². The first-order valence-electron chi connectivity index (χ1n) is 22.1. The van der Waals surface area contributed by atoms with Crippen molar-refractivity contribution in [2.24, 2.45) is 0 Å². The first-order chi connectivity index (χ1) is 33.5. The van der Waals surface area contributed by atoms with Crippen molar-refractivity contribution in [3.63, 3.8) is 0 Å². The summed E-state index contributed by atoms with van der Waals surface area (Å²) in [5.41, 5.74) is 15.9. The number of fused-ring (bicyclic) bond motifs is 3. The summed E-state index contributed by atoms with van der Waals surface area (Å²) >= 11 is 0. The van der Waals surface area contributed by atoms with E-state index in [-0.39, 0.29) is 0 Å². The topological polar surface area (TPSA) is 105 Å². The van der Waals surface area contributed by atoms with Gasteiger partial charge in [-0.05, 0) is 131 Å². The van der Waals surface area contributed by atoms with E-state index in [2.05, 4.69) is 149 Å². The van der Waals surface area contributed by atoms with Crippen molar-refractivity contribution in [3.8, 4) is 80.1 Å². The van der Waals surface area contributed by atoms with E-state index in [0.717, 1.165) is 83.8 Å². The fraction of sp³-hybridized carbons (Fsp3) is 0. The molecule has 0 aliphatic rings. The number of hydrogen-bond acceptors (Lipinski definition) is 6. The second-order valence-electron chi connectivity index (χ2n) is 16.4. The molecule has 2 heterocycles. The number of aromatic nitrogens is 3. The van der Waals surface area contributed by atoms with Crippen LogP contribution in [0.25, 0.3) is 83.6 Å². The maximum atomic E-state index is 10.5. The molecule has 68 heavy (non-hydrogen) atoms. The lowest BCUT2D eigenvalue weighted by Crippen LogP contribution is -2.09. The Morgan fingerprint density at radius 3 is 1.49 bits per heavy atom. The Labute approximate surface area is 393 Å². The Bertz CT molecular complexity index is 3670. The third-order valence-electron chi connectivity index (χ3n) is 12.3. The number of benzene rings is 9. The van der Waals surface area contributed by atoms with Gasteiger partial charge < -0.3 is 9.47 Å². The zero-order chi connectivity index (χ0) is 46.0. The second-order valence-corrected chi connectivity index (χ2v) is 16.4. The molecule has 0 spiro atoms. The van der Waals surface area contributed by atoms with Crippen molar-refractivity contribution in [2.45, 2.75) is 0 Å². The molecule has 0 radical (unpaired) electrons. The van der Waals surface area contributed by atoms with E-state index < -0.39 is 0 Å². The minimum Gasteiger partial charge on any atom is -0.310 e. The van der Waals surface area contributed by atoms with Crippen LogP contribution in [-0.4, -0.2) is 14.5 Å². The van der Waals surface area contributed by atoms with E-state index in [1.807, 2.05) is 78.9 Å². The van der Waals surface area contributed by atoms with Gasteiger partial charge in [-0.25, -0.2) is 9.97 Å². The van der Waals surface area contributed by atoms with Crippen molar-refractivity contribution in [1.82, 2.24) is 14.5 Å². The van der Waals surface area contributed by atoms with Gasteiger partial charge in [0.15, 0.2) is 5.82 Å². The van der Waals surface area contributed by atoms with Gasteiger partial charge in [0.25, 0.3) is 0 Å². The predicted octanol–water partition coefficient (Wildman–Crippen LogP) is 15.0. The molecule has 2 aromatic heterocycles. The van der Waals surface area contributed by atoms with Gasteiger partial charge in [0.1, 0.15) is 0 Å². The fourth-order valence-electron chi connectivity index (χ4n) is 8.95. The maximum Gasteiger partial charge on any atom is 0.160 e. The molecule has 11 aromatic rings. The quantitative estimate of drug-likeness (QED) is 0.143. The minimum absolute atomic E-state index is 0.525. The molecule has 11 rings (SSSR count). The molecule has 9 aromatic carbocycles. The molecule has 7 nitrogen and oxygen atoms in total. The highest BCUT2D eigenvalue weighted by Crippen LogP contribution is 2.40.